The lowest BCUT2D eigenvalue weighted by molar-refractivity contribution is 0.245. The predicted molar refractivity (Wildman–Crippen MR) is 123 cm³/mol. The van der Waals surface area contributed by atoms with Crippen molar-refractivity contribution in [3.05, 3.63) is 46.8 Å². The lowest BCUT2D eigenvalue weighted by Crippen LogP contribution is -2.47. The molecule has 0 saturated carbocycles. The van der Waals surface area contributed by atoms with Crippen molar-refractivity contribution in [3.63, 3.8) is 0 Å². The standard InChI is InChI=1S/C22H30F2N6O2S/c1-15(2)25-21-22(27-19-5-6-29(14-33(31)32)13-20(19)26-21)30-9-7-28(8-10-30)12-16-3-4-17(23)11-18(16)24/h3-4,11,15H,5-10,12-14H2,1-2H3,(H,25,26)(H,31,32)/p-1. The van der Waals surface area contributed by atoms with Crippen molar-refractivity contribution in [1.29, 1.82) is 0 Å². The smallest absolute Gasteiger partial charge is 0.172 e. The predicted octanol–water partition coefficient (Wildman–Crippen LogP) is 2.09. The number of nitrogens with zero attached hydrogens (tertiary/aromatic N) is 5. The fraction of sp³-hybridized carbons (Fsp3) is 0.545. The van der Waals surface area contributed by atoms with E-state index >= 15 is 0 Å². The molecule has 180 valence electrons. The van der Waals surface area contributed by atoms with Gasteiger partial charge in [-0.15, -0.1) is 0 Å². The molecule has 0 amide bonds. The van der Waals surface area contributed by atoms with Crippen LogP contribution in [0, 0.1) is 11.6 Å². The Labute approximate surface area is 195 Å². The van der Waals surface area contributed by atoms with Crippen LogP contribution in [0.3, 0.4) is 0 Å². The van der Waals surface area contributed by atoms with Gasteiger partial charge in [-0.1, -0.05) is 6.07 Å². The van der Waals surface area contributed by atoms with Crippen molar-refractivity contribution in [2.75, 3.05) is 48.8 Å². The molecule has 2 aliphatic rings. The number of nitrogens with one attached hydrogen (secondary N) is 1. The Bertz CT molecular complexity index is 1020. The first-order valence-corrected chi connectivity index (χ1v) is 12.4. The minimum Gasteiger partial charge on any atom is -0.771 e. The molecule has 1 aromatic carbocycles. The van der Waals surface area contributed by atoms with Gasteiger partial charge in [0.05, 0.1) is 17.3 Å². The zero-order valence-corrected chi connectivity index (χ0v) is 19.7. The molecule has 0 aliphatic carbocycles. The molecular weight excluding hydrogens is 450 g/mol. The number of hydrogen-bond donors (Lipinski definition) is 1. The number of piperazine rings is 1. The van der Waals surface area contributed by atoms with Crippen molar-refractivity contribution >= 4 is 22.7 Å². The summed E-state index contributed by atoms with van der Waals surface area (Å²) < 4.78 is 49.4. The minimum atomic E-state index is -2.13. The average Bonchev–Trinajstić information content (AvgIpc) is 2.75. The maximum absolute atomic E-state index is 14.0. The van der Waals surface area contributed by atoms with Gasteiger partial charge in [-0.25, -0.2) is 18.7 Å². The first-order chi connectivity index (χ1) is 15.8. The molecule has 33 heavy (non-hydrogen) atoms. The topological polar surface area (TPSA) is 87.7 Å². The zero-order chi connectivity index (χ0) is 23.5. The van der Waals surface area contributed by atoms with Crippen LogP contribution in [0.5, 0.6) is 0 Å². The Hall–Kier alpha value is -2.21. The number of rotatable bonds is 7. The summed E-state index contributed by atoms with van der Waals surface area (Å²) in [7, 11) is 0. The minimum absolute atomic E-state index is 0.00752. The molecule has 0 spiro atoms. The second-order valence-corrected chi connectivity index (χ2v) is 9.69. The van der Waals surface area contributed by atoms with Crippen molar-refractivity contribution in [3.8, 4) is 0 Å². The van der Waals surface area contributed by atoms with Crippen LogP contribution < -0.4 is 10.2 Å². The molecule has 3 heterocycles. The summed E-state index contributed by atoms with van der Waals surface area (Å²) in [6, 6.07) is 3.88. The largest absolute Gasteiger partial charge is 0.771 e. The number of fused-ring (bicyclic) bond motifs is 1. The van der Waals surface area contributed by atoms with Crippen LogP contribution in [0.25, 0.3) is 0 Å². The number of anilines is 2. The van der Waals surface area contributed by atoms with E-state index in [4.69, 9.17) is 9.97 Å². The van der Waals surface area contributed by atoms with Gasteiger partial charge in [0, 0.05) is 69.9 Å². The van der Waals surface area contributed by atoms with Crippen LogP contribution in [0.15, 0.2) is 18.2 Å². The third-order valence-electron chi connectivity index (χ3n) is 5.87. The Morgan fingerprint density at radius 3 is 2.52 bits per heavy atom. The Balaban J connectivity index is 1.47. The molecule has 0 radical (unpaired) electrons. The number of hydrogen-bond acceptors (Lipinski definition) is 8. The van der Waals surface area contributed by atoms with Gasteiger partial charge >= 0.3 is 0 Å². The summed E-state index contributed by atoms with van der Waals surface area (Å²) in [5.41, 5.74) is 2.20. The molecule has 2 aromatic rings. The van der Waals surface area contributed by atoms with Crippen LogP contribution >= 0.6 is 0 Å². The summed E-state index contributed by atoms with van der Waals surface area (Å²) in [5, 5.41) is 3.39. The van der Waals surface area contributed by atoms with Crippen molar-refractivity contribution in [1.82, 2.24) is 19.8 Å². The van der Waals surface area contributed by atoms with Crippen LogP contribution in [0.1, 0.15) is 30.8 Å². The van der Waals surface area contributed by atoms with Gasteiger partial charge in [0.2, 0.25) is 0 Å². The fourth-order valence-electron chi connectivity index (χ4n) is 4.24. The Kier molecular flexibility index (Phi) is 7.52. The molecule has 1 N–H and O–H groups in total. The fourth-order valence-corrected chi connectivity index (χ4v) is 4.75. The van der Waals surface area contributed by atoms with Gasteiger partial charge < -0.3 is 14.8 Å². The molecule has 8 nitrogen and oxygen atoms in total. The molecule has 1 fully saturated rings. The van der Waals surface area contributed by atoms with Gasteiger partial charge in [0.1, 0.15) is 11.6 Å². The average molecular weight is 480 g/mol. The Morgan fingerprint density at radius 2 is 1.85 bits per heavy atom. The molecule has 1 saturated heterocycles. The molecule has 11 heteroatoms. The van der Waals surface area contributed by atoms with E-state index in [9.17, 15) is 17.5 Å². The molecule has 1 unspecified atom stereocenters. The molecule has 4 rings (SSSR count). The number of halogens is 2. The second-order valence-electron chi connectivity index (χ2n) is 8.82. The van der Waals surface area contributed by atoms with Gasteiger partial charge in [0.15, 0.2) is 11.6 Å². The van der Waals surface area contributed by atoms with E-state index in [0.717, 1.165) is 36.4 Å². The van der Waals surface area contributed by atoms with Gasteiger partial charge in [-0.05, 0) is 31.0 Å². The van der Waals surface area contributed by atoms with E-state index in [-0.39, 0.29) is 11.9 Å². The zero-order valence-electron chi connectivity index (χ0n) is 18.9. The molecule has 1 aromatic heterocycles. The highest BCUT2D eigenvalue weighted by atomic mass is 32.2. The third kappa shape index (κ3) is 6.03. The maximum atomic E-state index is 14.0. The molecule has 1 atom stereocenters. The van der Waals surface area contributed by atoms with Gasteiger partial charge in [0.25, 0.3) is 0 Å². The van der Waals surface area contributed by atoms with E-state index in [2.05, 4.69) is 15.1 Å². The third-order valence-corrected chi connectivity index (χ3v) is 6.44. The van der Waals surface area contributed by atoms with Crippen molar-refractivity contribution < 1.29 is 17.5 Å². The van der Waals surface area contributed by atoms with E-state index in [0.29, 0.717) is 50.5 Å². The van der Waals surface area contributed by atoms with Crippen LogP contribution in [-0.4, -0.2) is 73.2 Å². The first-order valence-electron chi connectivity index (χ1n) is 11.1. The molecule has 2 aliphatic heterocycles. The second kappa shape index (κ2) is 10.4. The normalized spacial score (nSPS) is 18.4. The lowest BCUT2D eigenvalue weighted by Gasteiger charge is -2.37. The van der Waals surface area contributed by atoms with E-state index in [1.54, 1.807) is 0 Å². The van der Waals surface area contributed by atoms with Gasteiger partial charge in [-0.3, -0.25) is 14.0 Å². The van der Waals surface area contributed by atoms with Crippen molar-refractivity contribution in [2.24, 2.45) is 0 Å². The highest BCUT2D eigenvalue weighted by Crippen LogP contribution is 2.28. The highest BCUT2D eigenvalue weighted by Gasteiger charge is 2.26. The lowest BCUT2D eigenvalue weighted by atomic mass is 10.1. The summed E-state index contributed by atoms with van der Waals surface area (Å²) >= 11 is -2.13. The number of aromatic nitrogens is 2. The quantitative estimate of drug-likeness (QED) is 0.604. The van der Waals surface area contributed by atoms with E-state index in [1.165, 1.54) is 12.1 Å². The monoisotopic (exact) mass is 479 g/mol. The molecular formula is C22H29F2N6O2S-. The van der Waals surface area contributed by atoms with Crippen LogP contribution in [0.4, 0.5) is 20.4 Å². The summed E-state index contributed by atoms with van der Waals surface area (Å²) in [4.78, 5) is 16.0. The highest BCUT2D eigenvalue weighted by molar-refractivity contribution is 7.79. The first kappa shape index (κ1) is 23.9. The summed E-state index contributed by atoms with van der Waals surface area (Å²) in [6.07, 6.45) is 0.651. The maximum Gasteiger partial charge on any atom is 0.172 e. The van der Waals surface area contributed by atoms with Gasteiger partial charge in [-0.2, -0.15) is 0 Å². The van der Waals surface area contributed by atoms with Crippen LogP contribution in [0.2, 0.25) is 0 Å². The summed E-state index contributed by atoms with van der Waals surface area (Å²) in [6.45, 7) is 8.46. The SMILES string of the molecule is CC(C)Nc1nc2c(nc1N1CCN(Cc3ccc(F)cc3F)CC1)CCN(CS(=O)[O-])C2. The van der Waals surface area contributed by atoms with Crippen LogP contribution in [-0.2, 0) is 30.6 Å². The number of benzene rings is 1. The van der Waals surface area contributed by atoms with E-state index < -0.39 is 22.7 Å². The van der Waals surface area contributed by atoms with Crippen molar-refractivity contribution in [2.45, 2.75) is 39.4 Å². The Morgan fingerprint density at radius 1 is 1.09 bits per heavy atom. The summed E-state index contributed by atoms with van der Waals surface area (Å²) in [5.74, 6) is 0.410. The molecule has 0 bridgehead atoms. The van der Waals surface area contributed by atoms with E-state index in [1.807, 2.05) is 18.7 Å².